The number of nitrogens with one attached hydrogen (secondary N) is 1. The van der Waals surface area contributed by atoms with Crippen molar-refractivity contribution < 1.29 is 9.59 Å². The smallest absolute Gasteiger partial charge is 0.254 e. The molecule has 6 nitrogen and oxygen atoms in total. The first-order chi connectivity index (χ1) is 15.1. The van der Waals surface area contributed by atoms with Crippen LogP contribution in [0.15, 0.2) is 54.6 Å². The zero-order chi connectivity index (χ0) is 23.5. The quantitative estimate of drug-likeness (QED) is 0.611. The van der Waals surface area contributed by atoms with Crippen molar-refractivity contribution in [3.8, 4) is 5.69 Å². The van der Waals surface area contributed by atoms with Gasteiger partial charge in [0, 0.05) is 24.1 Å². The maximum absolute atomic E-state index is 12.8. The predicted molar refractivity (Wildman–Crippen MR) is 128 cm³/mol. The fraction of sp³-hybridized carbons (Fsp3) is 0.346. The summed E-state index contributed by atoms with van der Waals surface area (Å²) in [5, 5.41) is 7.72. The summed E-state index contributed by atoms with van der Waals surface area (Å²) in [6.07, 6.45) is 0.915. The Hall–Kier alpha value is -3.41. The van der Waals surface area contributed by atoms with Crippen molar-refractivity contribution in [2.75, 3.05) is 18.9 Å². The van der Waals surface area contributed by atoms with Gasteiger partial charge in [-0.2, -0.15) is 5.10 Å². The molecule has 1 heterocycles. The molecule has 3 aromatic rings. The molecule has 6 heteroatoms. The minimum absolute atomic E-state index is 0.0574. The molecule has 0 saturated carbocycles. The van der Waals surface area contributed by atoms with Crippen LogP contribution in [0.3, 0.4) is 0 Å². The number of likely N-dealkylation sites (N-methyl/N-ethyl adjacent to an activating group) is 1. The van der Waals surface area contributed by atoms with Crippen LogP contribution in [-0.4, -0.2) is 40.1 Å². The van der Waals surface area contributed by atoms with Crippen LogP contribution in [0.4, 0.5) is 5.82 Å². The summed E-state index contributed by atoms with van der Waals surface area (Å²) in [5.74, 6) is 0.120. The van der Waals surface area contributed by atoms with E-state index in [1.807, 2.05) is 49.4 Å². The van der Waals surface area contributed by atoms with Crippen molar-refractivity contribution in [3.05, 3.63) is 77.0 Å². The van der Waals surface area contributed by atoms with Crippen LogP contribution in [-0.2, 0) is 16.6 Å². The number of hydrogen-bond donors (Lipinski definition) is 1. The molecule has 2 amide bonds. The van der Waals surface area contributed by atoms with Crippen LogP contribution >= 0.6 is 0 Å². The maximum Gasteiger partial charge on any atom is 0.254 e. The van der Waals surface area contributed by atoms with E-state index in [0.29, 0.717) is 11.4 Å². The van der Waals surface area contributed by atoms with Gasteiger partial charge in [0.25, 0.3) is 5.91 Å². The fourth-order valence-corrected chi connectivity index (χ4v) is 3.39. The summed E-state index contributed by atoms with van der Waals surface area (Å²) in [6, 6.07) is 17.3. The van der Waals surface area contributed by atoms with Crippen LogP contribution in [0.1, 0.15) is 54.9 Å². The molecule has 0 aliphatic rings. The average Bonchev–Trinajstić information content (AvgIpc) is 3.17. The molecule has 0 spiro atoms. The Balaban J connectivity index is 1.80. The van der Waals surface area contributed by atoms with Gasteiger partial charge in [0.2, 0.25) is 5.91 Å². The lowest BCUT2D eigenvalue weighted by Gasteiger charge is -2.17. The lowest BCUT2D eigenvalue weighted by Crippen LogP contribution is -2.35. The minimum atomic E-state index is -0.277. The molecule has 168 valence electrons. The van der Waals surface area contributed by atoms with Gasteiger partial charge in [0.15, 0.2) is 0 Å². The molecule has 0 aliphatic heterocycles. The molecule has 2 aromatic carbocycles. The Morgan fingerprint density at radius 1 is 1.06 bits per heavy atom. The van der Waals surface area contributed by atoms with E-state index in [2.05, 4.69) is 33.0 Å². The van der Waals surface area contributed by atoms with Crippen molar-refractivity contribution in [2.45, 2.75) is 46.5 Å². The van der Waals surface area contributed by atoms with E-state index < -0.39 is 0 Å². The van der Waals surface area contributed by atoms with E-state index in [-0.39, 0.29) is 23.8 Å². The van der Waals surface area contributed by atoms with E-state index in [1.165, 1.54) is 10.5 Å². The number of carbonyl (C=O) groups is 2. The molecule has 0 bridgehead atoms. The molecule has 0 fully saturated rings. The maximum atomic E-state index is 12.8. The second-order valence-corrected chi connectivity index (χ2v) is 9.12. The van der Waals surface area contributed by atoms with Gasteiger partial charge in [-0.1, -0.05) is 58.0 Å². The van der Waals surface area contributed by atoms with Gasteiger partial charge in [0.05, 0.1) is 17.9 Å². The number of hydrogen-bond acceptors (Lipinski definition) is 3. The van der Waals surface area contributed by atoms with Gasteiger partial charge in [-0.3, -0.25) is 9.59 Å². The predicted octanol–water partition coefficient (Wildman–Crippen LogP) is 4.75. The summed E-state index contributed by atoms with van der Waals surface area (Å²) >= 11 is 0. The van der Waals surface area contributed by atoms with Crippen molar-refractivity contribution in [3.63, 3.8) is 0 Å². The van der Waals surface area contributed by atoms with Crippen LogP contribution < -0.4 is 5.32 Å². The number of rotatable bonds is 6. The SMILES string of the molecule is CCc1ccc(C(=O)N(C)CC(=O)Nc2cc(C(C)(C)C)nn2-c2ccccc2C)cc1. The van der Waals surface area contributed by atoms with Gasteiger partial charge >= 0.3 is 0 Å². The number of amides is 2. The third-order valence-corrected chi connectivity index (χ3v) is 5.43. The van der Waals surface area contributed by atoms with E-state index in [0.717, 1.165) is 23.4 Å². The highest BCUT2D eigenvalue weighted by Crippen LogP contribution is 2.27. The number of aryl methyl sites for hydroxylation is 2. The molecule has 0 saturated heterocycles. The molecular weight excluding hydrogens is 400 g/mol. The summed E-state index contributed by atoms with van der Waals surface area (Å²) in [5.41, 5.74) is 4.38. The zero-order valence-corrected chi connectivity index (χ0v) is 19.8. The molecule has 0 aliphatic carbocycles. The number of nitrogens with zero attached hydrogens (tertiary/aromatic N) is 3. The normalized spacial score (nSPS) is 11.3. The Labute approximate surface area is 190 Å². The highest BCUT2D eigenvalue weighted by atomic mass is 16.2. The topological polar surface area (TPSA) is 67.2 Å². The van der Waals surface area contributed by atoms with Crippen LogP contribution in [0.25, 0.3) is 5.69 Å². The summed E-state index contributed by atoms with van der Waals surface area (Å²) in [7, 11) is 1.63. The Morgan fingerprint density at radius 2 is 1.72 bits per heavy atom. The standard InChI is InChI=1S/C26H32N4O2/c1-7-19-12-14-20(15-13-19)25(32)29(6)17-24(31)27-23-16-22(26(3,4)5)28-30(23)21-11-9-8-10-18(21)2/h8-16H,7,17H2,1-6H3,(H,27,31). The highest BCUT2D eigenvalue weighted by Gasteiger charge is 2.23. The Kier molecular flexibility index (Phi) is 6.82. The third kappa shape index (κ3) is 5.25. The van der Waals surface area contributed by atoms with Crippen molar-refractivity contribution in [2.24, 2.45) is 0 Å². The second-order valence-electron chi connectivity index (χ2n) is 9.12. The molecule has 1 aromatic heterocycles. The van der Waals surface area contributed by atoms with Gasteiger partial charge in [-0.25, -0.2) is 4.68 Å². The van der Waals surface area contributed by atoms with Crippen LogP contribution in [0.2, 0.25) is 0 Å². The summed E-state index contributed by atoms with van der Waals surface area (Å²) in [6.45, 7) is 10.3. The number of anilines is 1. The molecular formula is C26H32N4O2. The third-order valence-electron chi connectivity index (χ3n) is 5.43. The highest BCUT2D eigenvalue weighted by molar-refractivity contribution is 5.99. The molecule has 3 rings (SSSR count). The molecule has 0 unspecified atom stereocenters. The van der Waals surface area contributed by atoms with Gasteiger partial charge in [-0.05, 0) is 42.7 Å². The fourth-order valence-electron chi connectivity index (χ4n) is 3.39. The van der Waals surface area contributed by atoms with Crippen molar-refractivity contribution in [1.29, 1.82) is 0 Å². The minimum Gasteiger partial charge on any atom is -0.332 e. The summed E-state index contributed by atoms with van der Waals surface area (Å²) < 4.78 is 1.76. The van der Waals surface area contributed by atoms with Crippen LogP contribution in [0.5, 0.6) is 0 Å². The first-order valence-electron chi connectivity index (χ1n) is 10.9. The summed E-state index contributed by atoms with van der Waals surface area (Å²) in [4.78, 5) is 27.0. The lowest BCUT2D eigenvalue weighted by atomic mass is 9.92. The molecule has 1 N–H and O–H groups in total. The van der Waals surface area contributed by atoms with E-state index in [1.54, 1.807) is 23.9 Å². The number of aromatic nitrogens is 2. The van der Waals surface area contributed by atoms with E-state index in [4.69, 9.17) is 5.10 Å². The lowest BCUT2D eigenvalue weighted by molar-refractivity contribution is -0.116. The van der Waals surface area contributed by atoms with E-state index in [9.17, 15) is 9.59 Å². The van der Waals surface area contributed by atoms with Crippen LogP contribution in [0, 0.1) is 6.92 Å². The second kappa shape index (κ2) is 9.39. The number of para-hydroxylation sites is 1. The average molecular weight is 433 g/mol. The first kappa shape index (κ1) is 23.3. The van der Waals surface area contributed by atoms with Crippen molar-refractivity contribution in [1.82, 2.24) is 14.7 Å². The van der Waals surface area contributed by atoms with Gasteiger partial charge < -0.3 is 10.2 Å². The Bertz CT molecular complexity index is 1110. The molecule has 32 heavy (non-hydrogen) atoms. The number of benzene rings is 2. The van der Waals surface area contributed by atoms with E-state index >= 15 is 0 Å². The molecule has 0 radical (unpaired) electrons. The van der Waals surface area contributed by atoms with Gasteiger partial charge in [0.1, 0.15) is 5.82 Å². The monoisotopic (exact) mass is 432 g/mol. The number of carbonyl (C=O) groups excluding carboxylic acids is 2. The van der Waals surface area contributed by atoms with Gasteiger partial charge in [-0.15, -0.1) is 0 Å². The zero-order valence-electron chi connectivity index (χ0n) is 19.8. The largest absolute Gasteiger partial charge is 0.332 e. The van der Waals surface area contributed by atoms with Crippen molar-refractivity contribution >= 4 is 17.6 Å². The Morgan fingerprint density at radius 3 is 2.31 bits per heavy atom. The molecule has 0 atom stereocenters. The first-order valence-corrected chi connectivity index (χ1v) is 10.9.